The van der Waals surface area contributed by atoms with Crippen LogP contribution in [0.4, 0.5) is 11.4 Å². The van der Waals surface area contributed by atoms with E-state index in [0.29, 0.717) is 22.3 Å². The van der Waals surface area contributed by atoms with Crippen LogP contribution in [-0.4, -0.2) is 26.8 Å². The van der Waals surface area contributed by atoms with Crippen LogP contribution in [0.2, 0.25) is 10.0 Å². The van der Waals surface area contributed by atoms with E-state index in [4.69, 9.17) is 33.7 Å². The van der Waals surface area contributed by atoms with Gasteiger partial charge in [-0.1, -0.05) is 23.2 Å². The summed E-state index contributed by atoms with van der Waals surface area (Å²) in [5.41, 5.74) is 7.05. The Kier molecular flexibility index (Phi) is 5.19. The fourth-order valence-corrected chi connectivity index (χ4v) is 2.26. The van der Waals surface area contributed by atoms with Gasteiger partial charge in [0.05, 0.1) is 22.3 Å². The summed E-state index contributed by atoms with van der Waals surface area (Å²) in [6, 6.07) is 3.41. The van der Waals surface area contributed by atoms with Crippen LogP contribution < -0.4 is 10.6 Å². The van der Waals surface area contributed by atoms with Gasteiger partial charge in [-0.05, 0) is 19.1 Å². The minimum atomic E-state index is 0.571. The summed E-state index contributed by atoms with van der Waals surface area (Å²) in [7, 11) is 1.67. The molecule has 0 saturated heterocycles. The largest absolute Gasteiger partial charge is 0.399 e. The van der Waals surface area contributed by atoms with E-state index in [1.165, 1.54) is 0 Å². The van der Waals surface area contributed by atoms with Gasteiger partial charge in [0, 0.05) is 25.9 Å². The predicted molar refractivity (Wildman–Crippen MR) is 70.6 cm³/mol. The first-order chi connectivity index (χ1) is 7.60. The standard InChI is InChI=1S/C11H16Cl2N2O/c1-3-15(4-5-16-2)11-9(12)6-8(14)7-10(11)13/h6-7H,3-5,14H2,1-2H3. The maximum absolute atomic E-state index is 6.14. The average molecular weight is 263 g/mol. The van der Waals surface area contributed by atoms with Crippen molar-refractivity contribution >= 4 is 34.6 Å². The van der Waals surface area contributed by atoms with Gasteiger partial charge in [-0.15, -0.1) is 0 Å². The first-order valence-electron chi connectivity index (χ1n) is 5.08. The molecule has 0 aliphatic rings. The van der Waals surface area contributed by atoms with E-state index in [2.05, 4.69) is 4.90 Å². The van der Waals surface area contributed by atoms with Crippen LogP contribution in [0.1, 0.15) is 6.92 Å². The van der Waals surface area contributed by atoms with E-state index in [1.54, 1.807) is 19.2 Å². The van der Waals surface area contributed by atoms with Gasteiger partial charge in [0.1, 0.15) is 0 Å². The zero-order valence-corrected chi connectivity index (χ0v) is 11.0. The molecule has 0 atom stereocenters. The first-order valence-corrected chi connectivity index (χ1v) is 5.84. The minimum absolute atomic E-state index is 0.571. The molecule has 0 aliphatic carbocycles. The molecule has 5 heteroatoms. The lowest BCUT2D eigenvalue weighted by Gasteiger charge is -2.25. The monoisotopic (exact) mass is 262 g/mol. The quantitative estimate of drug-likeness (QED) is 0.830. The molecule has 1 aromatic rings. The molecular formula is C11H16Cl2N2O. The Balaban J connectivity index is 2.99. The number of anilines is 2. The summed E-state index contributed by atoms with van der Waals surface area (Å²) in [4.78, 5) is 2.06. The van der Waals surface area contributed by atoms with Crippen molar-refractivity contribution in [1.82, 2.24) is 0 Å². The second-order valence-electron chi connectivity index (χ2n) is 3.41. The van der Waals surface area contributed by atoms with Crippen molar-refractivity contribution in [2.75, 3.05) is 37.4 Å². The number of hydrogen-bond acceptors (Lipinski definition) is 3. The van der Waals surface area contributed by atoms with Crippen LogP contribution in [0.3, 0.4) is 0 Å². The lowest BCUT2D eigenvalue weighted by molar-refractivity contribution is 0.205. The maximum atomic E-state index is 6.14. The van der Waals surface area contributed by atoms with Gasteiger partial charge in [-0.2, -0.15) is 0 Å². The molecule has 2 N–H and O–H groups in total. The molecule has 0 aromatic heterocycles. The Hall–Kier alpha value is -0.640. The molecule has 0 radical (unpaired) electrons. The van der Waals surface area contributed by atoms with Crippen LogP contribution in [0, 0.1) is 0 Å². The second kappa shape index (κ2) is 6.18. The van der Waals surface area contributed by atoms with Crippen LogP contribution in [0.15, 0.2) is 12.1 Å². The van der Waals surface area contributed by atoms with Gasteiger partial charge >= 0.3 is 0 Å². The summed E-state index contributed by atoms with van der Waals surface area (Å²) in [6.45, 7) is 4.23. The van der Waals surface area contributed by atoms with E-state index in [0.717, 1.165) is 18.8 Å². The fourth-order valence-electron chi connectivity index (χ4n) is 1.52. The Morgan fingerprint density at radius 1 is 1.31 bits per heavy atom. The summed E-state index contributed by atoms with van der Waals surface area (Å²) in [5.74, 6) is 0. The normalized spacial score (nSPS) is 10.5. The zero-order valence-electron chi connectivity index (χ0n) is 9.46. The van der Waals surface area contributed by atoms with E-state index >= 15 is 0 Å². The summed E-state index contributed by atoms with van der Waals surface area (Å²) in [5, 5.41) is 1.14. The third-order valence-corrected chi connectivity index (χ3v) is 2.88. The average Bonchev–Trinajstić information content (AvgIpc) is 2.21. The van der Waals surface area contributed by atoms with Crippen LogP contribution >= 0.6 is 23.2 Å². The molecule has 0 spiro atoms. The number of benzene rings is 1. The predicted octanol–water partition coefficient (Wildman–Crippen LogP) is 3.05. The third kappa shape index (κ3) is 3.17. The summed E-state index contributed by atoms with van der Waals surface area (Å²) >= 11 is 12.3. The highest BCUT2D eigenvalue weighted by Crippen LogP contribution is 2.35. The first kappa shape index (κ1) is 13.4. The minimum Gasteiger partial charge on any atom is -0.399 e. The third-order valence-electron chi connectivity index (χ3n) is 2.30. The summed E-state index contributed by atoms with van der Waals surface area (Å²) < 4.78 is 5.05. The maximum Gasteiger partial charge on any atom is 0.0747 e. The van der Waals surface area contributed by atoms with Crippen molar-refractivity contribution in [3.05, 3.63) is 22.2 Å². The molecule has 1 rings (SSSR count). The molecule has 0 heterocycles. The number of hydrogen-bond donors (Lipinski definition) is 1. The fraction of sp³-hybridized carbons (Fsp3) is 0.455. The molecular weight excluding hydrogens is 247 g/mol. The smallest absolute Gasteiger partial charge is 0.0747 e. The highest BCUT2D eigenvalue weighted by atomic mass is 35.5. The Bertz CT molecular complexity index is 335. The Labute approximate surface area is 106 Å². The van der Waals surface area contributed by atoms with Crippen molar-refractivity contribution in [3.8, 4) is 0 Å². The van der Waals surface area contributed by atoms with Gasteiger partial charge in [0.2, 0.25) is 0 Å². The molecule has 0 amide bonds. The van der Waals surface area contributed by atoms with Gasteiger partial charge in [0.15, 0.2) is 0 Å². The number of rotatable bonds is 5. The van der Waals surface area contributed by atoms with Crippen molar-refractivity contribution in [2.24, 2.45) is 0 Å². The number of ether oxygens (including phenoxy) is 1. The van der Waals surface area contributed by atoms with Gasteiger partial charge < -0.3 is 15.4 Å². The van der Waals surface area contributed by atoms with Crippen LogP contribution in [0.5, 0.6) is 0 Å². The van der Waals surface area contributed by atoms with E-state index in [1.807, 2.05) is 6.92 Å². The lowest BCUT2D eigenvalue weighted by atomic mass is 10.2. The molecule has 1 aromatic carbocycles. The van der Waals surface area contributed by atoms with Crippen LogP contribution in [-0.2, 0) is 4.74 Å². The SMILES string of the molecule is CCN(CCOC)c1c(Cl)cc(N)cc1Cl. The molecule has 0 fully saturated rings. The highest BCUT2D eigenvalue weighted by Gasteiger charge is 2.13. The van der Waals surface area contributed by atoms with Gasteiger partial charge in [-0.25, -0.2) is 0 Å². The number of halogens is 2. The number of nitrogen functional groups attached to an aromatic ring is 1. The van der Waals surface area contributed by atoms with E-state index in [-0.39, 0.29) is 0 Å². The Morgan fingerprint density at radius 3 is 2.31 bits per heavy atom. The number of methoxy groups -OCH3 is 1. The highest BCUT2D eigenvalue weighted by molar-refractivity contribution is 6.39. The number of likely N-dealkylation sites (N-methyl/N-ethyl adjacent to an activating group) is 1. The number of nitrogens with zero attached hydrogens (tertiary/aromatic N) is 1. The molecule has 3 nitrogen and oxygen atoms in total. The lowest BCUT2D eigenvalue weighted by Crippen LogP contribution is -2.27. The topological polar surface area (TPSA) is 38.5 Å². The molecule has 0 saturated carbocycles. The van der Waals surface area contributed by atoms with Crippen molar-refractivity contribution in [1.29, 1.82) is 0 Å². The molecule has 16 heavy (non-hydrogen) atoms. The van der Waals surface area contributed by atoms with Crippen molar-refractivity contribution in [3.63, 3.8) is 0 Å². The molecule has 0 bridgehead atoms. The van der Waals surface area contributed by atoms with Gasteiger partial charge in [-0.3, -0.25) is 0 Å². The van der Waals surface area contributed by atoms with Gasteiger partial charge in [0.25, 0.3) is 0 Å². The molecule has 0 aliphatic heterocycles. The van der Waals surface area contributed by atoms with Crippen LogP contribution in [0.25, 0.3) is 0 Å². The second-order valence-corrected chi connectivity index (χ2v) is 4.22. The summed E-state index contributed by atoms with van der Waals surface area (Å²) in [6.07, 6.45) is 0. The molecule has 90 valence electrons. The van der Waals surface area contributed by atoms with E-state index < -0.39 is 0 Å². The molecule has 0 unspecified atom stereocenters. The van der Waals surface area contributed by atoms with Crippen molar-refractivity contribution < 1.29 is 4.74 Å². The Morgan fingerprint density at radius 2 is 1.88 bits per heavy atom. The van der Waals surface area contributed by atoms with Crippen molar-refractivity contribution in [2.45, 2.75) is 6.92 Å². The zero-order chi connectivity index (χ0) is 12.1. The van der Waals surface area contributed by atoms with E-state index in [9.17, 15) is 0 Å². The number of nitrogens with two attached hydrogens (primary N) is 1.